The third kappa shape index (κ3) is 2.83. The molecule has 22 heavy (non-hydrogen) atoms. The largest absolute Gasteiger partial charge is 0.391 e. The number of nitrogens with zero attached hydrogens (tertiary/aromatic N) is 3. The first-order valence-electron chi connectivity index (χ1n) is 7.50. The fourth-order valence-electron chi connectivity index (χ4n) is 3.55. The third-order valence-electron chi connectivity index (χ3n) is 5.02. The van der Waals surface area contributed by atoms with E-state index in [0.29, 0.717) is 38.8 Å². The second-order valence-corrected chi connectivity index (χ2v) is 6.78. The molecule has 2 aliphatic heterocycles. The molecule has 0 aromatic carbocycles. The van der Waals surface area contributed by atoms with E-state index in [1.54, 1.807) is 4.90 Å². The van der Waals surface area contributed by atoms with Gasteiger partial charge in [0.2, 0.25) is 5.91 Å². The Morgan fingerprint density at radius 3 is 2.41 bits per heavy atom. The van der Waals surface area contributed by atoms with Crippen molar-refractivity contribution in [1.82, 2.24) is 4.90 Å². The van der Waals surface area contributed by atoms with Gasteiger partial charge in [-0.15, -0.1) is 12.3 Å². The smallest absolute Gasteiger partial charge is 0.341 e. The van der Waals surface area contributed by atoms with Crippen LogP contribution >= 0.6 is 0 Å². The standard InChI is InChI=1S/C15H18F3N3O/c1-2-3-5-14(19-20-14)6-4-12(22)21-9-13(10-21)7-11(8-13)15(16,17)18/h1,11H,3-10H2. The third-order valence-corrected chi connectivity index (χ3v) is 5.02. The maximum atomic E-state index is 12.5. The molecule has 2 heterocycles. The maximum absolute atomic E-state index is 12.5. The van der Waals surface area contributed by atoms with E-state index in [-0.39, 0.29) is 24.2 Å². The molecule has 1 saturated heterocycles. The lowest BCUT2D eigenvalue weighted by molar-refractivity contribution is -0.241. The second kappa shape index (κ2) is 4.97. The first-order valence-corrected chi connectivity index (χ1v) is 7.50. The Kier molecular flexibility index (Phi) is 3.46. The highest BCUT2D eigenvalue weighted by molar-refractivity contribution is 5.77. The van der Waals surface area contributed by atoms with Crippen molar-refractivity contribution in [2.45, 2.75) is 50.4 Å². The lowest BCUT2D eigenvalue weighted by Crippen LogP contribution is -2.65. The van der Waals surface area contributed by atoms with E-state index in [0.717, 1.165) is 0 Å². The number of likely N-dealkylation sites (tertiary alicyclic amines) is 1. The van der Waals surface area contributed by atoms with Crippen LogP contribution in [0.2, 0.25) is 0 Å². The molecule has 0 aromatic rings. The van der Waals surface area contributed by atoms with Crippen molar-refractivity contribution in [2.24, 2.45) is 21.6 Å². The number of terminal acetylenes is 1. The predicted molar refractivity (Wildman–Crippen MR) is 72.7 cm³/mol. The summed E-state index contributed by atoms with van der Waals surface area (Å²) in [7, 11) is 0. The summed E-state index contributed by atoms with van der Waals surface area (Å²) in [5, 5.41) is 7.95. The van der Waals surface area contributed by atoms with Crippen LogP contribution < -0.4 is 0 Å². The molecule has 0 radical (unpaired) electrons. The summed E-state index contributed by atoms with van der Waals surface area (Å²) in [5.41, 5.74) is -0.742. The van der Waals surface area contributed by atoms with Crippen LogP contribution in [0, 0.1) is 23.7 Å². The lowest BCUT2D eigenvalue weighted by Gasteiger charge is -2.59. The van der Waals surface area contributed by atoms with E-state index < -0.39 is 17.8 Å². The molecule has 0 bridgehead atoms. The van der Waals surface area contributed by atoms with Gasteiger partial charge < -0.3 is 4.90 Å². The average Bonchev–Trinajstić information content (AvgIpc) is 3.09. The summed E-state index contributed by atoms with van der Waals surface area (Å²) >= 11 is 0. The highest BCUT2D eigenvalue weighted by Crippen LogP contribution is 2.57. The summed E-state index contributed by atoms with van der Waals surface area (Å²) < 4.78 is 37.5. The second-order valence-electron chi connectivity index (χ2n) is 6.78. The minimum atomic E-state index is -4.09. The Hall–Kier alpha value is -1.58. The Morgan fingerprint density at radius 1 is 1.27 bits per heavy atom. The summed E-state index contributed by atoms with van der Waals surface area (Å²) in [6.45, 7) is 0.925. The number of hydrogen-bond donors (Lipinski definition) is 0. The van der Waals surface area contributed by atoms with Crippen molar-refractivity contribution in [2.75, 3.05) is 13.1 Å². The van der Waals surface area contributed by atoms with Crippen molar-refractivity contribution in [3.8, 4) is 12.3 Å². The van der Waals surface area contributed by atoms with Crippen LogP contribution in [0.4, 0.5) is 13.2 Å². The molecule has 7 heteroatoms. The average molecular weight is 313 g/mol. The summed E-state index contributed by atoms with van der Waals surface area (Å²) in [5.74, 6) is 1.34. The Morgan fingerprint density at radius 2 is 1.91 bits per heavy atom. The zero-order valence-electron chi connectivity index (χ0n) is 12.2. The molecule has 1 saturated carbocycles. The number of rotatable bonds is 5. The normalized spacial score (nSPS) is 24.5. The molecule has 0 aromatic heterocycles. The van der Waals surface area contributed by atoms with E-state index in [4.69, 9.17) is 6.42 Å². The molecular formula is C15H18F3N3O. The monoisotopic (exact) mass is 313 g/mol. The van der Waals surface area contributed by atoms with Gasteiger partial charge in [0.05, 0.1) is 5.92 Å². The van der Waals surface area contributed by atoms with Gasteiger partial charge in [0.1, 0.15) is 0 Å². The van der Waals surface area contributed by atoms with Crippen molar-refractivity contribution in [3.63, 3.8) is 0 Å². The van der Waals surface area contributed by atoms with E-state index in [2.05, 4.69) is 16.1 Å². The van der Waals surface area contributed by atoms with Crippen molar-refractivity contribution < 1.29 is 18.0 Å². The zero-order chi connectivity index (χ0) is 16.0. The van der Waals surface area contributed by atoms with E-state index >= 15 is 0 Å². The maximum Gasteiger partial charge on any atom is 0.391 e. The van der Waals surface area contributed by atoms with Gasteiger partial charge in [0.25, 0.3) is 0 Å². The van der Waals surface area contributed by atoms with Crippen LogP contribution in [0.1, 0.15) is 38.5 Å². The van der Waals surface area contributed by atoms with Gasteiger partial charge in [0.15, 0.2) is 5.66 Å². The van der Waals surface area contributed by atoms with Gasteiger partial charge in [-0.05, 0) is 12.8 Å². The molecule has 1 amide bonds. The molecule has 3 aliphatic rings. The summed E-state index contributed by atoms with van der Waals surface area (Å²) in [4.78, 5) is 13.7. The van der Waals surface area contributed by atoms with E-state index in [9.17, 15) is 18.0 Å². The molecule has 0 atom stereocenters. The number of hydrogen-bond acceptors (Lipinski definition) is 3. The molecule has 3 rings (SSSR count). The van der Waals surface area contributed by atoms with Crippen molar-refractivity contribution in [3.05, 3.63) is 0 Å². The Labute approximate surface area is 127 Å². The molecule has 4 nitrogen and oxygen atoms in total. The number of carbonyl (C=O) groups excluding carboxylic acids is 1. The first kappa shape index (κ1) is 15.3. The zero-order valence-corrected chi connectivity index (χ0v) is 12.2. The van der Waals surface area contributed by atoms with E-state index in [1.807, 2.05) is 0 Å². The SMILES string of the molecule is C#CCCC1(CCC(=O)N2CC3(CC(C(F)(F)F)C3)C2)N=N1. The topological polar surface area (TPSA) is 45.0 Å². The molecule has 1 spiro atoms. The number of alkyl halides is 3. The van der Waals surface area contributed by atoms with Crippen LogP contribution in [-0.4, -0.2) is 35.7 Å². The predicted octanol–water partition coefficient (Wildman–Crippen LogP) is 3.14. The minimum Gasteiger partial charge on any atom is -0.341 e. The van der Waals surface area contributed by atoms with Gasteiger partial charge >= 0.3 is 6.18 Å². The van der Waals surface area contributed by atoms with Crippen LogP contribution in [-0.2, 0) is 4.79 Å². The first-order chi connectivity index (χ1) is 10.3. The van der Waals surface area contributed by atoms with Crippen molar-refractivity contribution in [1.29, 1.82) is 0 Å². The van der Waals surface area contributed by atoms with Crippen molar-refractivity contribution >= 4 is 5.91 Å². The molecule has 2 fully saturated rings. The van der Waals surface area contributed by atoms with Crippen LogP contribution in [0.25, 0.3) is 0 Å². The van der Waals surface area contributed by atoms with Gasteiger partial charge in [-0.3, -0.25) is 4.79 Å². The number of halogens is 3. The molecule has 0 N–H and O–H groups in total. The van der Waals surface area contributed by atoms with Gasteiger partial charge in [-0.1, -0.05) is 0 Å². The van der Waals surface area contributed by atoms with E-state index in [1.165, 1.54) is 0 Å². The van der Waals surface area contributed by atoms with Crippen LogP contribution in [0.15, 0.2) is 10.2 Å². The van der Waals surface area contributed by atoms with Crippen LogP contribution in [0.3, 0.4) is 0 Å². The summed E-state index contributed by atoms with van der Waals surface area (Å²) in [6.07, 6.45) is 3.55. The molecule has 1 aliphatic carbocycles. The Bertz CT molecular complexity index is 529. The van der Waals surface area contributed by atoms with Gasteiger partial charge in [0, 0.05) is 44.2 Å². The summed E-state index contributed by atoms with van der Waals surface area (Å²) in [6, 6.07) is 0. The Balaban J connectivity index is 1.37. The van der Waals surface area contributed by atoms with Gasteiger partial charge in [-0.2, -0.15) is 23.4 Å². The lowest BCUT2D eigenvalue weighted by atomic mass is 9.57. The molecular weight excluding hydrogens is 295 g/mol. The molecule has 0 unspecified atom stereocenters. The molecule has 120 valence electrons. The fourth-order valence-corrected chi connectivity index (χ4v) is 3.55. The highest BCUT2D eigenvalue weighted by atomic mass is 19.4. The van der Waals surface area contributed by atoms with Gasteiger partial charge in [-0.25, -0.2) is 0 Å². The van der Waals surface area contributed by atoms with Crippen LogP contribution in [0.5, 0.6) is 0 Å². The highest BCUT2D eigenvalue weighted by Gasteiger charge is 2.60. The minimum absolute atomic E-state index is 0.0153. The number of amides is 1. The number of carbonyl (C=O) groups is 1. The quantitative estimate of drug-likeness (QED) is 0.719. The fraction of sp³-hybridized carbons (Fsp3) is 0.800.